The molecule has 13 heteroatoms. The van der Waals surface area contributed by atoms with Gasteiger partial charge in [-0.05, 0) is 26.0 Å². The van der Waals surface area contributed by atoms with Crippen LogP contribution < -0.4 is 19.5 Å². The summed E-state index contributed by atoms with van der Waals surface area (Å²) >= 11 is 3.14. The molecule has 10 nitrogen and oxygen atoms in total. The molecule has 0 bridgehead atoms. The highest BCUT2D eigenvalue weighted by molar-refractivity contribution is 7.92. The summed E-state index contributed by atoms with van der Waals surface area (Å²) in [5.41, 5.74) is 2.70. The third-order valence-corrected chi connectivity index (χ3v) is 7.71. The Bertz CT molecular complexity index is 1360. The van der Waals surface area contributed by atoms with E-state index in [4.69, 9.17) is 9.47 Å². The fourth-order valence-electron chi connectivity index (χ4n) is 2.96. The van der Waals surface area contributed by atoms with Crippen molar-refractivity contribution >= 4 is 49.3 Å². The second-order valence-electron chi connectivity index (χ2n) is 6.82. The van der Waals surface area contributed by atoms with Crippen LogP contribution in [-0.2, 0) is 10.0 Å². The molecule has 0 fully saturated rings. The Morgan fingerprint density at radius 1 is 1.00 bits per heavy atom. The van der Waals surface area contributed by atoms with E-state index >= 15 is 0 Å². The molecular weight excluding hydrogens is 484 g/mol. The highest BCUT2D eigenvalue weighted by atomic mass is 32.2. The minimum atomic E-state index is -3.87. The number of hydrogen-bond donors (Lipinski definition) is 2. The molecule has 0 radical (unpaired) electrons. The average molecular weight is 506 g/mol. The van der Waals surface area contributed by atoms with Gasteiger partial charge in [0.05, 0.1) is 40.4 Å². The van der Waals surface area contributed by atoms with Crippen LogP contribution in [0.5, 0.6) is 11.9 Å². The highest BCUT2D eigenvalue weighted by Crippen LogP contribution is 2.31. The zero-order valence-electron chi connectivity index (χ0n) is 18.2. The number of ether oxygens (including phenoxy) is 2. The normalized spacial score (nSPS) is 11.4. The summed E-state index contributed by atoms with van der Waals surface area (Å²) < 4.78 is 38.0. The maximum atomic E-state index is 12.8. The summed E-state index contributed by atoms with van der Waals surface area (Å²) in [6.45, 7) is 3.95. The van der Waals surface area contributed by atoms with Crippen molar-refractivity contribution in [2.24, 2.45) is 0 Å². The molecule has 3 N–H and O–H groups in total. The van der Waals surface area contributed by atoms with E-state index in [1.54, 1.807) is 23.5 Å². The molecule has 33 heavy (non-hydrogen) atoms. The lowest BCUT2D eigenvalue weighted by atomic mass is 10.3. The fraction of sp³-hybridized carbons (Fsp3) is 0.200. The van der Waals surface area contributed by atoms with Gasteiger partial charge in [0, 0.05) is 23.6 Å². The number of nitrogens with one attached hydrogen (secondary N) is 1. The van der Waals surface area contributed by atoms with Crippen LogP contribution >= 0.6 is 22.7 Å². The molecule has 0 spiro atoms. The van der Waals surface area contributed by atoms with Crippen LogP contribution in [0.1, 0.15) is 10.7 Å². The number of sulfonamides is 1. The van der Waals surface area contributed by atoms with E-state index in [1.807, 2.05) is 24.5 Å². The van der Waals surface area contributed by atoms with Gasteiger partial charge in [0.25, 0.3) is 15.2 Å². The molecule has 3 aromatic heterocycles. The second kappa shape index (κ2) is 9.39. The van der Waals surface area contributed by atoms with Crippen LogP contribution in [0.3, 0.4) is 0 Å². The zero-order chi connectivity index (χ0) is 23.6. The molecule has 0 atom stereocenters. The monoisotopic (exact) mass is 505 g/mol. The highest BCUT2D eigenvalue weighted by Gasteiger charge is 2.18. The Hall–Kier alpha value is -3.13. The van der Waals surface area contributed by atoms with Crippen LogP contribution in [0.4, 0.5) is 16.6 Å². The largest absolute Gasteiger partial charge is 0.481 e. The van der Waals surface area contributed by atoms with E-state index in [0.29, 0.717) is 0 Å². The quantitative estimate of drug-likeness (QED) is 0.349. The summed E-state index contributed by atoms with van der Waals surface area (Å²) in [5.74, 6) is 0.217. The molecular formula is C20H21N6O4S3+. The lowest BCUT2D eigenvalue weighted by Crippen LogP contribution is -2.70. The van der Waals surface area contributed by atoms with E-state index in [1.165, 1.54) is 43.8 Å². The van der Waals surface area contributed by atoms with Crippen molar-refractivity contribution in [1.82, 2.24) is 19.9 Å². The molecule has 1 aromatic carbocycles. The van der Waals surface area contributed by atoms with Crippen molar-refractivity contribution in [1.29, 1.82) is 0 Å². The topological polar surface area (TPSA) is 133 Å². The van der Waals surface area contributed by atoms with Gasteiger partial charge in [-0.2, -0.15) is 15.0 Å². The van der Waals surface area contributed by atoms with Crippen LogP contribution in [0.15, 0.2) is 40.6 Å². The summed E-state index contributed by atoms with van der Waals surface area (Å²) in [4.78, 5) is 18.2. The van der Waals surface area contributed by atoms with Crippen LogP contribution in [0.25, 0.3) is 10.6 Å². The second-order valence-corrected chi connectivity index (χ2v) is 10.6. The predicted octanol–water partition coefficient (Wildman–Crippen LogP) is 3.02. The first-order chi connectivity index (χ1) is 15.8. The molecule has 3 heterocycles. The molecule has 172 valence electrons. The molecule has 0 amide bonds. The van der Waals surface area contributed by atoms with Crippen LogP contribution in [0.2, 0.25) is 0 Å². The minimum absolute atomic E-state index is 0.0106. The molecule has 0 saturated heterocycles. The molecule has 0 aliphatic heterocycles. The van der Waals surface area contributed by atoms with Crippen molar-refractivity contribution in [2.45, 2.75) is 18.7 Å². The summed E-state index contributed by atoms with van der Waals surface area (Å²) in [6, 6.07) is 7.85. The third-order valence-electron chi connectivity index (χ3n) is 4.45. The number of thiazole rings is 2. The van der Waals surface area contributed by atoms with E-state index in [9.17, 15) is 8.42 Å². The van der Waals surface area contributed by atoms with Crippen molar-refractivity contribution in [2.75, 3.05) is 18.9 Å². The molecule has 4 aromatic rings. The van der Waals surface area contributed by atoms with Gasteiger partial charge in [-0.3, -0.25) is 10.0 Å². The molecule has 4 rings (SSSR count). The van der Waals surface area contributed by atoms with Crippen molar-refractivity contribution in [3.05, 3.63) is 46.4 Å². The Morgan fingerprint density at radius 3 is 2.39 bits per heavy atom. The zero-order valence-corrected chi connectivity index (χ0v) is 20.6. The summed E-state index contributed by atoms with van der Waals surface area (Å²) in [5, 5.41) is 5.73. The van der Waals surface area contributed by atoms with E-state index in [2.05, 4.69) is 24.7 Å². The lowest BCUT2D eigenvalue weighted by molar-refractivity contribution is -0.478. The number of benzene rings is 1. The average Bonchev–Trinajstić information content (AvgIpc) is 3.38. The van der Waals surface area contributed by atoms with Gasteiger partial charge >= 0.3 is 6.01 Å². The number of nitrogens with two attached hydrogens (primary N) is 1. The van der Waals surface area contributed by atoms with Crippen molar-refractivity contribution in [3.63, 3.8) is 0 Å². The number of hydrogen-bond acceptors (Lipinski definition) is 10. The van der Waals surface area contributed by atoms with Crippen LogP contribution in [-0.4, -0.2) is 42.6 Å². The molecule has 0 aliphatic carbocycles. The number of methoxy groups -OCH3 is 2. The predicted molar refractivity (Wildman–Crippen MR) is 126 cm³/mol. The minimum Gasteiger partial charge on any atom is -0.481 e. The Kier molecular flexibility index (Phi) is 6.56. The first-order valence-electron chi connectivity index (χ1n) is 9.62. The Labute approximate surface area is 198 Å². The van der Waals surface area contributed by atoms with Gasteiger partial charge in [-0.15, -0.1) is 11.3 Å². The fourth-order valence-corrected chi connectivity index (χ4v) is 5.67. The Balaban J connectivity index is 1.48. The smallest absolute Gasteiger partial charge is 0.321 e. The summed E-state index contributed by atoms with van der Waals surface area (Å²) in [7, 11) is -1.07. The molecule has 0 unspecified atom stereocenters. The number of rotatable bonds is 8. The van der Waals surface area contributed by atoms with Gasteiger partial charge < -0.3 is 9.47 Å². The standard InChI is InChI=1S/C20H20N6O4S3/c1-11-18(32-12(2)21-11)15-10-31-20(23-15)22-13-5-7-14(8-6-13)33(27,28)26-16-9-17(29-3)25-19(24-16)30-4/h5-10H,1-4H3,(H,22,23)(H,24,25,26)/p+1. The lowest BCUT2D eigenvalue weighted by Gasteiger charge is -2.09. The number of aromatic nitrogens is 4. The van der Waals surface area contributed by atoms with E-state index in [-0.39, 0.29) is 22.6 Å². The summed E-state index contributed by atoms with van der Waals surface area (Å²) in [6.07, 6.45) is 0. The van der Waals surface area contributed by atoms with Gasteiger partial charge in [0.1, 0.15) is 5.69 Å². The number of anilines is 1. The first-order valence-corrected chi connectivity index (χ1v) is 12.8. The van der Waals surface area contributed by atoms with Crippen molar-refractivity contribution in [3.8, 4) is 22.5 Å². The number of nitrogens with zero attached hydrogens (tertiary/aromatic N) is 4. The SMILES string of the molecule is COc1cc(NS(=O)(=O)c2ccc([NH2+]c3nc(-c4sc(C)nc4C)cs3)cc2)nc(OC)n1. The van der Waals surface area contributed by atoms with Gasteiger partial charge in [-0.1, -0.05) is 11.3 Å². The van der Waals surface area contributed by atoms with E-state index < -0.39 is 10.0 Å². The molecule has 0 aliphatic rings. The van der Waals surface area contributed by atoms with E-state index in [0.717, 1.165) is 32.1 Å². The van der Waals surface area contributed by atoms with Crippen molar-refractivity contribution < 1.29 is 23.2 Å². The maximum Gasteiger partial charge on any atom is 0.321 e. The van der Waals surface area contributed by atoms with Crippen LogP contribution in [0, 0.1) is 13.8 Å². The number of aryl methyl sites for hydroxylation is 2. The third kappa shape index (κ3) is 5.27. The Morgan fingerprint density at radius 2 is 1.76 bits per heavy atom. The van der Waals surface area contributed by atoms with Gasteiger partial charge in [0.15, 0.2) is 5.82 Å². The van der Waals surface area contributed by atoms with Gasteiger partial charge in [0.2, 0.25) is 5.88 Å². The first kappa shape index (κ1) is 23.0. The van der Waals surface area contributed by atoms with Gasteiger partial charge in [-0.25, -0.2) is 13.4 Å². The number of quaternary nitrogens is 1. The maximum absolute atomic E-state index is 12.8. The molecule has 0 saturated carbocycles.